The van der Waals surface area contributed by atoms with E-state index in [0.717, 1.165) is 10.1 Å². The van der Waals surface area contributed by atoms with Gasteiger partial charge in [-0.3, -0.25) is 13.9 Å². The lowest BCUT2D eigenvalue weighted by Crippen LogP contribution is -2.38. The number of hydrogen-bond donors (Lipinski definition) is 0. The summed E-state index contributed by atoms with van der Waals surface area (Å²) in [4.78, 5) is 23.8. The Balaban J connectivity index is 3.48. The zero-order valence-electron chi connectivity index (χ0n) is 13.9. The number of aromatic nitrogens is 2. The minimum Gasteiger partial charge on any atom is -0.297 e. The number of nitrogens with zero attached hydrogens (tertiary/aromatic N) is 2. The molecule has 0 aliphatic carbocycles. The molecule has 1 heterocycles. The molecule has 0 radical (unpaired) electrons. The Labute approximate surface area is 121 Å². The minimum atomic E-state index is -1.61. The smallest absolute Gasteiger partial charge is 0.297 e. The molecular formula is C15H26N2O2Si. The van der Waals surface area contributed by atoms with Crippen LogP contribution < -0.4 is 11.2 Å². The maximum Gasteiger partial charge on any atom is 0.330 e. The largest absolute Gasteiger partial charge is 0.330 e. The topological polar surface area (TPSA) is 44.0 Å². The molecule has 0 aromatic carbocycles. The van der Waals surface area contributed by atoms with Crippen molar-refractivity contribution in [3.8, 4) is 0 Å². The summed E-state index contributed by atoms with van der Waals surface area (Å²) in [5, 5.41) is 0.229. The van der Waals surface area contributed by atoms with Crippen LogP contribution in [0.3, 0.4) is 0 Å². The Bertz CT molecular complexity index is 658. The molecule has 0 saturated carbocycles. The van der Waals surface area contributed by atoms with Crippen molar-refractivity contribution in [2.24, 2.45) is 14.1 Å². The van der Waals surface area contributed by atoms with Gasteiger partial charge in [-0.25, -0.2) is 4.79 Å². The van der Waals surface area contributed by atoms with Crippen LogP contribution in [0.25, 0.3) is 5.57 Å². The Morgan fingerprint density at radius 2 is 1.65 bits per heavy atom. The molecule has 1 aromatic rings. The lowest BCUT2D eigenvalue weighted by molar-refractivity contribution is 0.678. The summed E-state index contributed by atoms with van der Waals surface area (Å²) in [7, 11) is 1.60. The Morgan fingerprint density at radius 3 is 2.10 bits per heavy atom. The van der Waals surface area contributed by atoms with Crippen molar-refractivity contribution in [3.63, 3.8) is 0 Å². The molecule has 0 amide bonds. The first-order valence-electron chi connectivity index (χ1n) is 6.85. The second-order valence-corrected chi connectivity index (χ2v) is 12.3. The van der Waals surface area contributed by atoms with Crippen LogP contribution in [0.1, 0.15) is 33.4 Å². The van der Waals surface area contributed by atoms with Crippen LogP contribution in [0.5, 0.6) is 0 Å². The fourth-order valence-electron chi connectivity index (χ4n) is 1.94. The van der Waals surface area contributed by atoms with Crippen LogP contribution >= 0.6 is 0 Å². The summed E-state index contributed by atoms with van der Waals surface area (Å²) in [6.07, 6.45) is 0. The highest BCUT2D eigenvalue weighted by Gasteiger charge is 2.33. The van der Waals surface area contributed by atoms with Gasteiger partial charge in [-0.1, -0.05) is 39.6 Å². The van der Waals surface area contributed by atoms with Crippen LogP contribution in [0.4, 0.5) is 0 Å². The van der Waals surface area contributed by atoms with E-state index in [1.54, 1.807) is 17.7 Å². The monoisotopic (exact) mass is 294 g/mol. The van der Waals surface area contributed by atoms with E-state index in [2.05, 4.69) is 39.6 Å². The second kappa shape index (κ2) is 5.20. The van der Waals surface area contributed by atoms with Gasteiger partial charge in [-0.05, 0) is 17.5 Å². The van der Waals surface area contributed by atoms with Crippen LogP contribution in [-0.2, 0) is 14.1 Å². The molecule has 0 N–H and O–H groups in total. The zero-order valence-corrected chi connectivity index (χ0v) is 14.9. The van der Waals surface area contributed by atoms with Gasteiger partial charge in [0.2, 0.25) is 0 Å². The Hall–Kier alpha value is -1.36. The molecule has 4 nitrogen and oxygen atoms in total. The first kappa shape index (κ1) is 16.7. The van der Waals surface area contributed by atoms with Gasteiger partial charge in [-0.15, -0.1) is 0 Å². The third-order valence-corrected chi connectivity index (χ3v) is 9.46. The van der Waals surface area contributed by atoms with Gasteiger partial charge < -0.3 is 0 Å². The van der Waals surface area contributed by atoms with Crippen molar-refractivity contribution in [3.05, 3.63) is 38.3 Å². The second-order valence-electron chi connectivity index (χ2n) is 7.07. The van der Waals surface area contributed by atoms with Gasteiger partial charge in [0.25, 0.3) is 5.56 Å². The first-order chi connectivity index (χ1) is 8.88. The Morgan fingerprint density at radius 1 is 1.15 bits per heavy atom. The molecule has 0 fully saturated rings. The van der Waals surface area contributed by atoms with Crippen molar-refractivity contribution < 1.29 is 0 Å². The Kier molecular flexibility index (Phi) is 4.34. The molecule has 0 aliphatic rings. The van der Waals surface area contributed by atoms with Gasteiger partial charge in [0, 0.05) is 20.2 Å². The van der Waals surface area contributed by atoms with E-state index in [-0.39, 0.29) is 16.3 Å². The molecule has 5 heteroatoms. The fourth-order valence-corrected chi connectivity index (χ4v) is 3.61. The predicted molar refractivity (Wildman–Crippen MR) is 87.8 cm³/mol. The highest BCUT2D eigenvalue weighted by Crippen LogP contribution is 2.38. The average Bonchev–Trinajstić information content (AvgIpc) is 2.29. The molecule has 0 saturated heterocycles. The van der Waals surface area contributed by atoms with E-state index in [4.69, 9.17) is 0 Å². The maximum absolute atomic E-state index is 12.0. The number of allylic oxidation sites excluding steroid dienone is 1. The summed E-state index contributed by atoms with van der Waals surface area (Å²) in [5.74, 6) is 0. The normalized spacial score (nSPS) is 13.7. The van der Waals surface area contributed by atoms with Crippen molar-refractivity contribution >= 4 is 13.6 Å². The summed E-state index contributed by atoms with van der Waals surface area (Å²) in [5.41, 5.74) is 3.46. The van der Waals surface area contributed by atoms with Crippen molar-refractivity contribution in [1.82, 2.24) is 9.13 Å². The molecule has 0 aliphatic heterocycles. The highest BCUT2D eigenvalue weighted by molar-refractivity contribution is 6.85. The van der Waals surface area contributed by atoms with Crippen molar-refractivity contribution in [2.75, 3.05) is 0 Å². The summed E-state index contributed by atoms with van der Waals surface area (Å²) in [6.45, 7) is 13.3. The van der Waals surface area contributed by atoms with Crippen molar-refractivity contribution in [1.29, 1.82) is 0 Å². The van der Waals surface area contributed by atoms with Gasteiger partial charge in [-0.2, -0.15) is 0 Å². The molecule has 0 spiro atoms. The van der Waals surface area contributed by atoms with E-state index in [1.165, 1.54) is 7.05 Å². The molecular weight excluding hydrogens is 268 g/mol. The van der Waals surface area contributed by atoms with E-state index in [1.807, 2.05) is 6.92 Å². The molecule has 0 bridgehead atoms. The lowest BCUT2D eigenvalue weighted by atomic mass is 10.2. The molecule has 1 aromatic heterocycles. The molecule has 20 heavy (non-hydrogen) atoms. The average molecular weight is 294 g/mol. The molecule has 112 valence electrons. The number of rotatable bonds is 2. The van der Waals surface area contributed by atoms with Gasteiger partial charge >= 0.3 is 5.69 Å². The van der Waals surface area contributed by atoms with Crippen LogP contribution in [0.15, 0.2) is 21.4 Å². The van der Waals surface area contributed by atoms with Crippen LogP contribution in [-0.4, -0.2) is 17.2 Å². The third-order valence-electron chi connectivity index (χ3n) is 4.44. The summed E-state index contributed by atoms with van der Waals surface area (Å²) >= 11 is 0. The van der Waals surface area contributed by atoms with E-state index >= 15 is 0 Å². The highest BCUT2D eigenvalue weighted by atomic mass is 28.3. The standard InChI is InChI=1S/C15H26N2O2Si/c1-11(10-20(7,8)15(2,3)4)12-9-13(18)17(6)14(19)16(12)5/h9-10H,1-8H3/b11-10+. The summed E-state index contributed by atoms with van der Waals surface area (Å²) < 4.78 is 2.67. The fraction of sp³-hybridized carbons (Fsp3) is 0.600. The van der Waals surface area contributed by atoms with Crippen LogP contribution in [0.2, 0.25) is 18.1 Å². The van der Waals surface area contributed by atoms with E-state index < -0.39 is 8.07 Å². The first-order valence-corrected chi connectivity index (χ1v) is 9.93. The molecule has 0 unspecified atom stereocenters. The van der Waals surface area contributed by atoms with E-state index in [9.17, 15) is 9.59 Å². The van der Waals surface area contributed by atoms with Gasteiger partial charge in [0.1, 0.15) is 0 Å². The zero-order chi connectivity index (χ0) is 15.9. The SMILES string of the molecule is C/C(=C\[Si](C)(C)C(C)(C)C)c1cc(=O)n(C)c(=O)n1C. The quantitative estimate of drug-likeness (QED) is 0.787. The third kappa shape index (κ3) is 3.03. The van der Waals surface area contributed by atoms with E-state index in [0.29, 0.717) is 5.69 Å². The maximum atomic E-state index is 12.0. The molecule has 0 atom stereocenters. The van der Waals surface area contributed by atoms with Crippen LogP contribution in [0, 0.1) is 0 Å². The molecule has 1 rings (SSSR count). The van der Waals surface area contributed by atoms with Crippen molar-refractivity contribution in [2.45, 2.75) is 45.8 Å². The lowest BCUT2D eigenvalue weighted by Gasteiger charge is -2.35. The van der Waals surface area contributed by atoms with Gasteiger partial charge in [0.05, 0.1) is 13.8 Å². The minimum absolute atomic E-state index is 0.229. The number of hydrogen-bond acceptors (Lipinski definition) is 2. The summed E-state index contributed by atoms with van der Waals surface area (Å²) in [6, 6.07) is 1.54. The predicted octanol–water partition coefficient (Wildman–Crippen LogP) is 2.54. The van der Waals surface area contributed by atoms with Gasteiger partial charge in [0.15, 0.2) is 0 Å².